The highest BCUT2D eigenvalue weighted by atomic mass is 16.4. The quantitative estimate of drug-likeness (QED) is 0.716. The van der Waals surface area contributed by atoms with E-state index >= 15 is 0 Å². The summed E-state index contributed by atoms with van der Waals surface area (Å²) in [6, 6.07) is 1.55. The number of hydrogen-bond acceptors (Lipinski definition) is 4. The van der Waals surface area contributed by atoms with Crippen molar-refractivity contribution in [1.82, 2.24) is 10.3 Å². The smallest absolute Gasteiger partial charge is 0.338 e. The Bertz CT molecular complexity index is 527. The minimum absolute atomic E-state index is 0.0686. The van der Waals surface area contributed by atoms with E-state index in [0.29, 0.717) is 0 Å². The summed E-state index contributed by atoms with van der Waals surface area (Å²) in [7, 11) is 0. The third kappa shape index (κ3) is 4.04. The van der Waals surface area contributed by atoms with Crippen LogP contribution >= 0.6 is 0 Å². The topological polar surface area (TPSA) is 117 Å². The molecule has 1 unspecified atom stereocenters. The second-order valence-corrected chi connectivity index (χ2v) is 4.70. The Morgan fingerprint density at radius 2 is 1.95 bits per heavy atom. The third-order valence-corrected chi connectivity index (χ3v) is 2.56. The van der Waals surface area contributed by atoms with E-state index in [4.69, 9.17) is 10.2 Å². The summed E-state index contributed by atoms with van der Waals surface area (Å²) in [6.45, 7) is 3.65. The van der Waals surface area contributed by atoms with Crippen LogP contribution in [0.15, 0.2) is 18.3 Å². The highest BCUT2D eigenvalue weighted by Gasteiger charge is 2.24. The maximum Gasteiger partial charge on any atom is 0.338 e. The molecule has 0 fully saturated rings. The van der Waals surface area contributed by atoms with E-state index < -0.39 is 23.9 Å². The number of carboxylic acid groups (broad SMARTS) is 2. The molecule has 0 saturated heterocycles. The van der Waals surface area contributed by atoms with Crippen LogP contribution in [0, 0.1) is 5.92 Å². The Hall–Kier alpha value is -2.44. The zero-order valence-corrected chi connectivity index (χ0v) is 11.2. The van der Waals surface area contributed by atoms with E-state index in [1.54, 1.807) is 0 Å². The van der Waals surface area contributed by atoms with E-state index in [9.17, 15) is 14.4 Å². The van der Waals surface area contributed by atoms with Crippen LogP contribution in [0.5, 0.6) is 0 Å². The SMILES string of the molecule is CC(C)CC(NC(=O)c1ncccc1C(=O)O)C(=O)O. The normalized spacial score (nSPS) is 11.9. The first-order valence-electron chi connectivity index (χ1n) is 6.05. The molecule has 1 aromatic heterocycles. The van der Waals surface area contributed by atoms with Crippen LogP contribution in [0.2, 0.25) is 0 Å². The number of carbonyl (C=O) groups excluding carboxylic acids is 1. The number of aromatic carboxylic acids is 1. The molecular formula is C13H16N2O5. The molecule has 0 saturated carbocycles. The van der Waals surface area contributed by atoms with Gasteiger partial charge in [-0.2, -0.15) is 0 Å². The van der Waals surface area contributed by atoms with E-state index in [1.165, 1.54) is 18.3 Å². The molecular weight excluding hydrogens is 264 g/mol. The standard InChI is InChI=1S/C13H16N2O5/c1-7(2)6-9(13(19)20)15-11(16)10-8(12(17)18)4-3-5-14-10/h3-5,7,9H,6H2,1-2H3,(H,15,16)(H,17,18)(H,19,20). The van der Waals surface area contributed by atoms with Crippen LogP contribution in [0.3, 0.4) is 0 Å². The Morgan fingerprint density at radius 3 is 2.45 bits per heavy atom. The molecule has 0 radical (unpaired) electrons. The average Bonchev–Trinajstić information content (AvgIpc) is 2.37. The van der Waals surface area contributed by atoms with Crippen LogP contribution < -0.4 is 5.32 Å². The predicted octanol–water partition coefficient (Wildman–Crippen LogP) is 1.01. The fourth-order valence-corrected chi connectivity index (χ4v) is 1.68. The molecule has 1 atom stereocenters. The molecule has 1 heterocycles. The first-order valence-corrected chi connectivity index (χ1v) is 6.05. The molecule has 1 aromatic rings. The molecule has 0 bridgehead atoms. The second kappa shape index (κ2) is 6.65. The number of rotatable bonds is 6. The first-order chi connectivity index (χ1) is 9.32. The summed E-state index contributed by atoms with van der Waals surface area (Å²) in [5.74, 6) is -3.20. The molecule has 3 N–H and O–H groups in total. The van der Waals surface area contributed by atoms with Gasteiger partial charge in [-0.1, -0.05) is 13.8 Å². The summed E-state index contributed by atoms with van der Waals surface area (Å²) in [5, 5.41) is 20.3. The second-order valence-electron chi connectivity index (χ2n) is 4.70. The van der Waals surface area contributed by atoms with Crippen LogP contribution in [0.1, 0.15) is 41.1 Å². The molecule has 0 aromatic carbocycles. The lowest BCUT2D eigenvalue weighted by molar-refractivity contribution is -0.139. The predicted molar refractivity (Wildman–Crippen MR) is 69.5 cm³/mol. The Morgan fingerprint density at radius 1 is 1.30 bits per heavy atom. The minimum atomic E-state index is -1.29. The Kier molecular flexibility index (Phi) is 5.19. The lowest BCUT2D eigenvalue weighted by atomic mass is 10.0. The van der Waals surface area contributed by atoms with Crippen molar-refractivity contribution in [3.63, 3.8) is 0 Å². The van der Waals surface area contributed by atoms with Gasteiger partial charge in [-0.15, -0.1) is 0 Å². The molecule has 0 aliphatic heterocycles. The lowest BCUT2D eigenvalue weighted by Crippen LogP contribution is -2.42. The largest absolute Gasteiger partial charge is 0.480 e. The number of pyridine rings is 1. The monoisotopic (exact) mass is 280 g/mol. The van der Waals surface area contributed by atoms with E-state index in [-0.39, 0.29) is 23.6 Å². The molecule has 0 spiro atoms. The van der Waals surface area contributed by atoms with Crippen LogP contribution in [-0.4, -0.2) is 39.1 Å². The molecule has 7 nitrogen and oxygen atoms in total. The molecule has 0 aliphatic carbocycles. The van der Waals surface area contributed by atoms with Gasteiger partial charge in [0.05, 0.1) is 5.56 Å². The van der Waals surface area contributed by atoms with Crippen LogP contribution in [0.4, 0.5) is 0 Å². The van der Waals surface area contributed by atoms with Gasteiger partial charge in [-0.25, -0.2) is 9.59 Å². The van der Waals surface area contributed by atoms with E-state index in [1.807, 2.05) is 13.8 Å². The summed E-state index contributed by atoms with van der Waals surface area (Å²) >= 11 is 0. The van der Waals surface area contributed by atoms with Gasteiger partial charge in [-0.05, 0) is 24.5 Å². The van der Waals surface area contributed by atoms with Crippen LogP contribution in [0.25, 0.3) is 0 Å². The third-order valence-electron chi connectivity index (χ3n) is 2.56. The number of carbonyl (C=O) groups is 3. The Labute approximate surface area is 115 Å². The van der Waals surface area contributed by atoms with Crippen molar-refractivity contribution in [3.05, 3.63) is 29.6 Å². The minimum Gasteiger partial charge on any atom is -0.480 e. The zero-order valence-electron chi connectivity index (χ0n) is 11.2. The van der Waals surface area contributed by atoms with Crippen LogP contribution in [-0.2, 0) is 4.79 Å². The van der Waals surface area contributed by atoms with Crippen molar-refractivity contribution in [2.75, 3.05) is 0 Å². The van der Waals surface area contributed by atoms with Gasteiger partial charge in [0, 0.05) is 6.20 Å². The first kappa shape index (κ1) is 15.6. The Balaban J connectivity index is 2.95. The number of aromatic nitrogens is 1. The molecule has 108 valence electrons. The zero-order chi connectivity index (χ0) is 15.3. The lowest BCUT2D eigenvalue weighted by Gasteiger charge is -2.16. The summed E-state index contributed by atoms with van der Waals surface area (Å²) in [5.41, 5.74) is -0.561. The molecule has 7 heteroatoms. The summed E-state index contributed by atoms with van der Waals surface area (Å²) in [4.78, 5) is 37.7. The van der Waals surface area contributed by atoms with Gasteiger partial charge in [0.1, 0.15) is 11.7 Å². The fourth-order valence-electron chi connectivity index (χ4n) is 1.68. The van der Waals surface area contributed by atoms with Crippen molar-refractivity contribution < 1.29 is 24.6 Å². The molecule has 20 heavy (non-hydrogen) atoms. The highest BCUT2D eigenvalue weighted by Crippen LogP contribution is 2.09. The number of aliphatic carboxylic acids is 1. The van der Waals surface area contributed by atoms with Crippen molar-refractivity contribution >= 4 is 17.8 Å². The van der Waals surface area contributed by atoms with E-state index in [2.05, 4.69) is 10.3 Å². The average molecular weight is 280 g/mol. The number of nitrogens with zero attached hydrogens (tertiary/aromatic N) is 1. The van der Waals surface area contributed by atoms with Gasteiger partial charge >= 0.3 is 11.9 Å². The van der Waals surface area contributed by atoms with Crippen molar-refractivity contribution in [2.24, 2.45) is 5.92 Å². The van der Waals surface area contributed by atoms with Gasteiger partial charge in [0.2, 0.25) is 0 Å². The molecule has 0 aliphatic rings. The molecule has 1 rings (SSSR count). The maximum atomic E-state index is 12.0. The highest BCUT2D eigenvalue weighted by molar-refractivity contribution is 6.04. The fraction of sp³-hybridized carbons (Fsp3) is 0.385. The summed E-state index contributed by atoms with van der Waals surface area (Å²) in [6.07, 6.45) is 1.52. The number of carboxylic acids is 2. The number of hydrogen-bond donors (Lipinski definition) is 3. The van der Waals surface area contributed by atoms with Gasteiger partial charge in [0.25, 0.3) is 5.91 Å². The number of amides is 1. The van der Waals surface area contributed by atoms with Crippen molar-refractivity contribution in [2.45, 2.75) is 26.3 Å². The maximum absolute atomic E-state index is 12.0. The number of nitrogens with one attached hydrogen (secondary N) is 1. The molecule has 1 amide bonds. The summed E-state index contributed by atoms with van der Waals surface area (Å²) < 4.78 is 0. The van der Waals surface area contributed by atoms with Gasteiger partial charge < -0.3 is 15.5 Å². The van der Waals surface area contributed by atoms with Crippen molar-refractivity contribution in [3.8, 4) is 0 Å². The van der Waals surface area contributed by atoms with Gasteiger partial charge in [-0.3, -0.25) is 9.78 Å². The van der Waals surface area contributed by atoms with Gasteiger partial charge in [0.15, 0.2) is 0 Å². The van der Waals surface area contributed by atoms with Crippen molar-refractivity contribution in [1.29, 1.82) is 0 Å². The van der Waals surface area contributed by atoms with E-state index in [0.717, 1.165) is 0 Å².